The topological polar surface area (TPSA) is 34.1 Å². The first-order chi connectivity index (χ1) is 11.2. The van der Waals surface area contributed by atoms with Crippen LogP contribution in [0.4, 0.5) is 0 Å². The van der Waals surface area contributed by atoms with Crippen molar-refractivity contribution in [3.8, 4) is 0 Å². The molecule has 3 heteroatoms. The van der Waals surface area contributed by atoms with Gasteiger partial charge in [0.25, 0.3) is 0 Å². The summed E-state index contributed by atoms with van der Waals surface area (Å²) in [5.74, 6) is 0. The Bertz CT molecular complexity index is 641. The Morgan fingerprint density at radius 2 is 1.09 bits per heavy atom. The van der Waals surface area contributed by atoms with Gasteiger partial charge >= 0.3 is 0 Å². The molecule has 0 spiro atoms. The van der Waals surface area contributed by atoms with Gasteiger partial charge in [0.1, 0.15) is 0 Å². The number of rotatable bonds is 8. The molecule has 0 saturated carbocycles. The van der Waals surface area contributed by atoms with Gasteiger partial charge in [-0.1, -0.05) is 72.8 Å². The Labute approximate surface area is 138 Å². The zero-order valence-electron chi connectivity index (χ0n) is 13.1. The van der Waals surface area contributed by atoms with Gasteiger partial charge in [-0.25, -0.2) is 0 Å². The van der Waals surface area contributed by atoms with E-state index in [-0.39, 0.29) is 10.8 Å². The summed E-state index contributed by atoms with van der Waals surface area (Å²) in [7, 11) is -3.00. The van der Waals surface area contributed by atoms with Crippen molar-refractivity contribution in [2.24, 2.45) is 0 Å². The summed E-state index contributed by atoms with van der Waals surface area (Å²) >= 11 is 0. The molecule has 0 fully saturated rings. The molecular weight excluding hydrogens is 300 g/mol. The maximum absolute atomic E-state index is 13.2. The van der Waals surface area contributed by atoms with Crippen molar-refractivity contribution in [1.29, 1.82) is 0 Å². The van der Waals surface area contributed by atoms with Crippen molar-refractivity contribution in [1.82, 2.24) is 0 Å². The highest BCUT2D eigenvalue weighted by Gasteiger charge is 2.47. The highest BCUT2D eigenvalue weighted by atomic mass is 28.3. The van der Waals surface area contributed by atoms with Crippen LogP contribution in [0.2, 0.25) is 12.1 Å². The van der Waals surface area contributed by atoms with Crippen LogP contribution in [0.15, 0.2) is 86.0 Å². The first kappa shape index (κ1) is 16.8. The molecule has 0 amide bonds. The average Bonchev–Trinajstić information content (AvgIpc) is 2.61. The zero-order chi connectivity index (χ0) is 16.7. The van der Waals surface area contributed by atoms with E-state index in [9.17, 15) is 9.59 Å². The van der Waals surface area contributed by atoms with Gasteiger partial charge in [0, 0.05) is 11.1 Å². The van der Waals surface area contributed by atoms with E-state index in [2.05, 4.69) is 13.2 Å². The molecule has 0 atom stereocenters. The van der Waals surface area contributed by atoms with Crippen molar-refractivity contribution in [2.75, 3.05) is 0 Å². The molecule has 0 bridgehead atoms. The molecule has 23 heavy (non-hydrogen) atoms. The first-order valence-corrected chi connectivity index (χ1v) is 9.98. The van der Waals surface area contributed by atoms with Crippen molar-refractivity contribution < 1.29 is 9.59 Å². The Morgan fingerprint density at radius 3 is 1.39 bits per heavy atom. The van der Waals surface area contributed by atoms with Gasteiger partial charge in [0.2, 0.25) is 8.07 Å². The quantitative estimate of drug-likeness (QED) is 0.524. The van der Waals surface area contributed by atoms with Gasteiger partial charge in [-0.2, -0.15) is 0 Å². The molecule has 2 rings (SSSR count). The number of benzene rings is 2. The Hall–Kier alpha value is -2.52. The minimum Gasteiger partial charge on any atom is -0.299 e. The van der Waals surface area contributed by atoms with Gasteiger partial charge in [-0.15, -0.1) is 13.2 Å². The largest absolute Gasteiger partial charge is 0.299 e. The molecule has 0 aromatic heterocycles. The van der Waals surface area contributed by atoms with Crippen molar-refractivity contribution >= 4 is 18.9 Å². The van der Waals surface area contributed by atoms with Crippen LogP contribution in [-0.2, 0) is 0 Å². The van der Waals surface area contributed by atoms with E-state index in [1.807, 2.05) is 36.4 Å². The molecule has 0 radical (unpaired) electrons. The minimum absolute atomic E-state index is 0.0493. The predicted octanol–water partition coefficient (Wildman–Crippen LogP) is 4.65. The number of hydrogen-bond donors (Lipinski definition) is 0. The average molecular weight is 320 g/mol. The molecule has 2 nitrogen and oxygen atoms in total. The third kappa shape index (κ3) is 3.46. The van der Waals surface area contributed by atoms with Crippen LogP contribution in [0.3, 0.4) is 0 Å². The minimum atomic E-state index is -3.00. The molecule has 0 N–H and O–H groups in total. The lowest BCUT2D eigenvalue weighted by atomic mass is 10.2. The number of carbonyl (C=O) groups is 2. The molecule has 0 aliphatic carbocycles. The number of allylic oxidation sites excluding steroid dienone is 2. The highest BCUT2D eigenvalue weighted by molar-refractivity contribution is 7.27. The van der Waals surface area contributed by atoms with Crippen molar-refractivity contribution in [3.05, 3.63) is 97.1 Å². The fourth-order valence-corrected chi connectivity index (χ4v) is 6.32. The molecule has 2 aromatic rings. The third-order valence-corrected chi connectivity index (χ3v) is 8.21. The lowest BCUT2D eigenvalue weighted by Gasteiger charge is -2.26. The smallest absolute Gasteiger partial charge is 0.227 e. The van der Waals surface area contributed by atoms with E-state index in [0.29, 0.717) is 23.2 Å². The third-order valence-electron chi connectivity index (χ3n) is 3.93. The second-order valence-electron chi connectivity index (χ2n) is 5.46. The van der Waals surface area contributed by atoms with Gasteiger partial charge in [-0.3, -0.25) is 9.59 Å². The van der Waals surface area contributed by atoms with Crippen LogP contribution in [-0.4, -0.2) is 18.9 Å². The fraction of sp³-hybridized carbons (Fsp3) is 0.100. The molecular formula is C20H20O2Si. The van der Waals surface area contributed by atoms with Gasteiger partial charge in [-0.05, 0) is 12.1 Å². The standard InChI is InChI=1S/C20H20O2Si/c1-3-15-23(16-4-2,19(21)17-11-7-5-8-12-17)20(22)18-13-9-6-10-14-18/h3-14H,1-2,15-16H2. The summed E-state index contributed by atoms with van der Waals surface area (Å²) in [6, 6.07) is 18.9. The van der Waals surface area contributed by atoms with Gasteiger partial charge < -0.3 is 0 Å². The summed E-state index contributed by atoms with van der Waals surface area (Å²) in [5, 5.41) is -0.0986. The van der Waals surface area contributed by atoms with Gasteiger partial charge in [0.15, 0.2) is 10.8 Å². The zero-order valence-corrected chi connectivity index (χ0v) is 14.1. The molecule has 0 aliphatic rings. The van der Waals surface area contributed by atoms with Crippen LogP contribution >= 0.6 is 0 Å². The molecule has 0 saturated heterocycles. The van der Waals surface area contributed by atoms with E-state index in [4.69, 9.17) is 0 Å². The number of carbonyl (C=O) groups excluding carboxylic acids is 2. The van der Waals surface area contributed by atoms with Crippen LogP contribution in [0.25, 0.3) is 0 Å². The summed E-state index contributed by atoms with van der Waals surface area (Å²) in [4.78, 5) is 26.4. The van der Waals surface area contributed by atoms with E-state index < -0.39 is 8.07 Å². The van der Waals surface area contributed by atoms with Crippen molar-refractivity contribution in [2.45, 2.75) is 12.1 Å². The molecule has 0 unspecified atom stereocenters. The maximum atomic E-state index is 13.2. The second kappa shape index (κ2) is 7.65. The predicted molar refractivity (Wildman–Crippen MR) is 97.3 cm³/mol. The first-order valence-electron chi connectivity index (χ1n) is 7.57. The maximum Gasteiger partial charge on any atom is 0.227 e. The Balaban J connectivity index is 2.55. The van der Waals surface area contributed by atoms with E-state index in [1.54, 1.807) is 36.4 Å². The Morgan fingerprint density at radius 1 is 0.739 bits per heavy atom. The van der Waals surface area contributed by atoms with Crippen molar-refractivity contribution in [3.63, 3.8) is 0 Å². The summed E-state index contributed by atoms with van der Waals surface area (Å²) in [6.07, 6.45) is 3.38. The van der Waals surface area contributed by atoms with Crippen LogP contribution in [0.1, 0.15) is 20.7 Å². The summed E-state index contributed by atoms with van der Waals surface area (Å²) in [5.41, 5.74) is 1.18. The molecule has 116 valence electrons. The van der Waals surface area contributed by atoms with Crippen LogP contribution in [0, 0.1) is 0 Å². The SMILES string of the molecule is C=CC[Si](CC=C)(C(=O)c1ccccc1)C(=O)c1ccccc1. The molecule has 0 heterocycles. The lowest BCUT2D eigenvalue weighted by Crippen LogP contribution is -2.51. The summed E-state index contributed by atoms with van der Waals surface area (Å²) < 4.78 is 0. The van der Waals surface area contributed by atoms with E-state index in [1.165, 1.54) is 0 Å². The monoisotopic (exact) mass is 320 g/mol. The molecule has 2 aromatic carbocycles. The van der Waals surface area contributed by atoms with Crippen LogP contribution in [0.5, 0.6) is 0 Å². The lowest BCUT2D eigenvalue weighted by molar-refractivity contribution is 0.102. The number of hydrogen-bond acceptors (Lipinski definition) is 2. The van der Waals surface area contributed by atoms with Crippen LogP contribution < -0.4 is 0 Å². The summed E-state index contributed by atoms with van der Waals surface area (Å²) in [6.45, 7) is 7.55. The Kier molecular flexibility index (Phi) is 5.60. The fourth-order valence-electron chi connectivity index (χ4n) is 2.78. The highest BCUT2D eigenvalue weighted by Crippen LogP contribution is 2.27. The van der Waals surface area contributed by atoms with E-state index in [0.717, 1.165) is 0 Å². The normalized spacial score (nSPS) is 10.8. The second-order valence-corrected chi connectivity index (χ2v) is 9.35. The van der Waals surface area contributed by atoms with Gasteiger partial charge in [0.05, 0.1) is 0 Å². The van der Waals surface area contributed by atoms with E-state index >= 15 is 0 Å². The molecule has 0 aliphatic heterocycles.